The zero-order valence-electron chi connectivity index (χ0n) is 21.9. The number of aromatic amines is 1. The van der Waals surface area contributed by atoms with Crippen LogP contribution in [0.15, 0.2) is 73.1 Å². The molecule has 1 aromatic carbocycles. The van der Waals surface area contributed by atoms with E-state index >= 15 is 0 Å². The summed E-state index contributed by atoms with van der Waals surface area (Å²) in [6, 6.07) is 23.2. The first-order chi connectivity index (χ1) is 18.8. The second-order valence-electron chi connectivity index (χ2n) is 9.88. The van der Waals surface area contributed by atoms with E-state index < -0.39 is 0 Å². The molecular weight excluding hydrogens is 508 g/mol. The van der Waals surface area contributed by atoms with E-state index in [4.69, 9.17) is 4.98 Å². The van der Waals surface area contributed by atoms with Crippen LogP contribution in [0.4, 0.5) is 11.6 Å². The van der Waals surface area contributed by atoms with Crippen molar-refractivity contribution in [2.24, 2.45) is 0 Å². The average Bonchev–Trinajstić information content (AvgIpc) is 3.44. The van der Waals surface area contributed by atoms with Crippen molar-refractivity contribution in [3.8, 4) is 28.6 Å². The summed E-state index contributed by atoms with van der Waals surface area (Å²) in [6.07, 6.45) is 3.74. The van der Waals surface area contributed by atoms with Crippen LogP contribution in [0.3, 0.4) is 0 Å². The van der Waals surface area contributed by atoms with Gasteiger partial charge in [0, 0.05) is 88.1 Å². The lowest BCUT2D eigenvalue weighted by atomic mass is 10.1. The number of rotatable bonds is 6. The van der Waals surface area contributed by atoms with Crippen molar-refractivity contribution in [3.05, 3.63) is 84.2 Å². The van der Waals surface area contributed by atoms with E-state index in [-0.39, 0.29) is 12.4 Å². The predicted octanol–water partition coefficient (Wildman–Crippen LogP) is 4.16. The molecule has 0 spiro atoms. The normalized spacial score (nSPS) is 16.0. The van der Waals surface area contributed by atoms with Gasteiger partial charge in [0.1, 0.15) is 17.7 Å². The van der Waals surface area contributed by atoms with E-state index in [0.29, 0.717) is 5.56 Å². The highest BCUT2D eigenvalue weighted by Crippen LogP contribution is 2.30. The van der Waals surface area contributed by atoms with E-state index in [1.165, 1.54) is 5.56 Å². The first-order valence-corrected chi connectivity index (χ1v) is 13.3. The van der Waals surface area contributed by atoms with Gasteiger partial charge in [0.25, 0.3) is 0 Å². The Morgan fingerprint density at radius 1 is 0.821 bits per heavy atom. The smallest absolute Gasteiger partial charge is 0.128 e. The van der Waals surface area contributed by atoms with Gasteiger partial charge in [0.2, 0.25) is 0 Å². The highest BCUT2D eigenvalue weighted by atomic mass is 35.5. The molecular formula is C30H33ClN8. The predicted molar refractivity (Wildman–Crippen MR) is 158 cm³/mol. The molecule has 0 amide bonds. The maximum absolute atomic E-state index is 9.72. The van der Waals surface area contributed by atoms with Gasteiger partial charge in [-0.2, -0.15) is 5.26 Å². The fraction of sp³-hybridized carbons (Fsp3) is 0.300. The van der Waals surface area contributed by atoms with Crippen molar-refractivity contribution in [3.63, 3.8) is 0 Å². The van der Waals surface area contributed by atoms with Crippen molar-refractivity contribution < 1.29 is 0 Å². The van der Waals surface area contributed by atoms with E-state index in [9.17, 15) is 5.26 Å². The number of H-pyrrole nitrogens is 1. The minimum atomic E-state index is 0. The summed E-state index contributed by atoms with van der Waals surface area (Å²) in [7, 11) is 0. The van der Waals surface area contributed by atoms with Gasteiger partial charge in [-0.3, -0.25) is 9.88 Å². The second kappa shape index (κ2) is 12.3. The summed E-state index contributed by atoms with van der Waals surface area (Å²) in [4.78, 5) is 20.0. The number of nitrogens with one attached hydrogen (secondary N) is 2. The SMILES string of the molecule is Cl.N#Cc1cc(-c2ccnc(-c3ccc(N4CCN(Cc5ccccc5)CC4)nc3)c2)[nH]c1N1CCNCC1. The Morgan fingerprint density at radius 2 is 1.62 bits per heavy atom. The molecule has 4 aromatic rings. The number of hydrogen-bond acceptors (Lipinski definition) is 7. The Labute approximate surface area is 235 Å². The maximum Gasteiger partial charge on any atom is 0.128 e. The molecule has 9 heteroatoms. The van der Waals surface area contributed by atoms with Gasteiger partial charge in [-0.15, -0.1) is 12.4 Å². The number of pyridine rings is 2. The molecule has 6 rings (SSSR count). The summed E-state index contributed by atoms with van der Waals surface area (Å²) in [5, 5.41) is 13.1. The maximum atomic E-state index is 9.72. The van der Waals surface area contributed by atoms with Gasteiger partial charge in [-0.05, 0) is 35.9 Å². The third-order valence-electron chi connectivity index (χ3n) is 7.41. The molecule has 2 aliphatic rings. The topological polar surface area (TPSA) is 87.1 Å². The first kappa shape index (κ1) is 26.7. The summed E-state index contributed by atoms with van der Waals surface area (Å²) in [6.45, 7) is 8.60. The van der Waals surface area contributed by atoms with Gasteiger partial charge >= 0.3 is 0 Å². The van der Waals surface area contributed by atoms with Crippen LogP contribution in [-0.4, -0.2) is 72.2 Å². The highest BCUT2D eigenvalue weighted by Gasteiger charge is 2.20. The number of hydrogen-bond donors (Lipinski definition) is 2. The van der Waals surface area contributed by atoms with E-state index in [1.54, 1.807) is 0 Å². The quantitative estimate of drug-likeness (QED) is 0.379. The molecule has 8 nitrogen and oxygen atoms in total. The standard InChI is InChI=1S/C30H32N8.ClH/c31-20-26-19-28(35-30(26)38-12-10-32-11-13-38)24-8-9-33-27(18-24)25-6-7-29(34-21-25)37-16-14-36(15-17-37)22-23-4-2-1-3-5-23;/h1-9,18-19,21,32,35H,10-17,22H2;1H. The Hall–Kier alpha value is -3.90. The zero-order chi connectivity index (χ0) is 25.7. The minimum Gasteiger partial charge on any atom is -0.355 e. The third-order valence-corrected chi connectivity index (χ3v) is 7.41. The second-order valence-corrected chi connectivity index (χ2v) is 9.88. The van der Waals surface area contributed by atoms with Crippen LogP contribution in [-0.2, 0) is 6.54 Å². The molecule has 2 N–H and O–H groups in total. The van der Waals surface area contributed by atoms with Crippen molar-refractivity contribution in [1.82, 2.24) is 25.2 Å². The number of halogens is 1. The van der Waals surface area contributed by atoms with Gasteiger partial charge in [-0.1, -0.05) is 30.3 Å². The lowest BCUT2D eigenvalue weighted by Crippen LogP contribution is -2.46. The fourth-order valence-electron chi connectivity index (χ4n) is 5.28. The zero-order valence-corrected chi connectivity index (χ0v) is 22.7. The number of aromatic nitrogens is 3. The van der Waals surface area contributed by atoms with E-state index in [1.807, 2.05) is 24.5 Å². The van der Waals surface area contributed by atoms with Crippen molar-refractivity contribution in [1.29, 1.82) is 5.26 Å². The van der Waals surface area contributed by atoms with Crippen molar-refractivity contribution in [2.75, 3.05) is 62.2 Å². The lowest BCUT2D eigenvalue weighted by Gasteiger charge is -2.35. The number of benzene rings is 1. The molecule has 0 unspecified atom stereocenters. The number of nitriles is 1. The van der Waals surface area contributed by atoms with Crippen molar-refractivity contribution >= 4 is 24.0 Å². The summed E-state index contributed by atoms with van der Waals surface area (Å²) < 4.78 is 0. The van der Waals surface area contributed by atoms with Gasteiger partial charge in [-0.25, -0.2) is 4.98 Å². The molecule has 2 aliphatic heterocycles. The van der Waals surface area contributed by atoms with Crippen LogP contribution in [0, 0.1) is 11.3 Å². The Balaban J connectivity index is 0.00000308. The van der Waals surface area contributed by atoms with Gasteiger partial charge in [0.05, 0.1) is 11.3 Å². The summed E-state index contributed by atoms with van der Waals surface area (Å²) in [5.41, 5.74) is 5.82. The Kier molecular flexibility index (Phi) is 8.42. The molecule has 0 bridgehead atoms. The number of nitrogens with zero attached hydrogens (tertiary/aromatic N) is 6. The molecule has 3 aromatic heterocycles. The van der Waals surface area contributed by atoms with E-state index in [0.717, 1.165) is 93.1 Å². The largest absolute Gasteiger partial charge is 0.355 e. The van der Waals surface area contributed by atoms with Gasteiger partial charge in [0.15, 0.2) is 0 Å². The summed E-state index contributed by atoms with van der Waals surface area (Å²) in [5.74, 6) is 1.91. The lowest BCUT2D eigenvalue weighted by molar-refractivity contribution is 0.249. The molecule has 5 heterocycles. The van der Waals surface area contributed by atoms with Gasteiger partial charge < -0.3 is 20.1 Å². The monoisotopic (exact) mass is 540 g/mol. The average molecular weight is 541 g/mol. The molecule has 0 atom stereocenters. The van der Waals surface area contributed by atoms with Crippen LogP contribution in [0.1, 0.15) is 11.1 Å². The first-order valence-electron chi connectivity index (χ1n) is 13.3. The molecule has 200 valence electrons. The minimum absolute atomic E-state index is 0. The molecule has 2 saturated heterocycles. The Bertz CT molecular complexity index is 1400. The molecule has 39 heavy (non-hydrogen) atoms. The van der Waals surface area contributed by atoms with Crippen LogP contribution < -0.4 is 15.1 Å². The van der Waals surface area contributed by atoms with Crippen LogP contribution in [0.2, 0.25) is 0 Å². The molecule has 2 fully saturated rings. The van der Waals surface area contributed by atoms with Crippen LogP contribution in [0.25, 0.3) is 22.5 Å². The molecule has 0 radical (unpaired) electrons. The molecule has 0 aliphatic carbocycles. The number of piperazine rings is 2. The van der Waals surface area contributed by atoms with Crippen LogP contribution in [0.5, 0.6) is 0 Å². The Morgan fingerprint density at radius 3 is 2.33 bits per heavy atom. The van der Waals surface area contributed by atoms with E-state index in [2.05, 4.69) is 84.6 Å². The van der Waals surface area contributed by atoms with Crippen LogP contribution >= 0.6 is 12.4 Å². The molecule has 0 saturated carbocycles. The number of anilines is 2. The summed E-state index contributed by atoms with van der Waals surface area (Å²) >= 11 is 0. The highest BCUT2D eigenvalue weighted by molar-refractivity contribution is 5.85. The third kappa shape index (κ3) is 6.07. The van der Waals surface area contributed by atoms with Crippen molar-refractivity contribution in [2.45, 2.75) is 6.54 Å². The fourth-order valence-corrected chi connectivity index (χ4v) is 5.28.